The first-order valence-corrected chi connectivity index (χ1v) is 6.42. The maximum absolute atomic E-state index is 9.73. The van der Waals surface area contributed by atoms with E-state index in [4.69, 9.17) is 0 Å². The van der Waals surface area contributed by atoms with Crippen LogP contribution in [0.1, 0.15) is 18.1 Å². The van der Waals surface area contributed by atoms with Crippen LogP contribution in [-0.2, 0) is 16.5 Å². The van der Waals surface area contributed by atoms with Crippen molar-refractivity contribution in [2.24, 2.45) is 5.10 Å². The molecule has 0 radical (unpaired) electrons. The summed E-state index contributed by atoms with van der Waals surface area (Å²) in [5.41, 5.74) is 1.35. The normalized spacial score (nSPS) is 11.4. The first kappa shape index (κ1) is 16.9. The second-order valence-electron chi connectivity index (χ2n) is 4.25. The Balaban J connectivity index is 0.00000220. The molecule has 0 saturated heterocycles. The van der Waals surface area contributed by atoms with Crippen molar-refractivity contribution in [2.45, 2.75) is 6.92 Å². The van der Waals surface area contributed by atoms with E-state index in [9.17, 15) is 10.2 Å². The van der Waals surface area contributed by atoms with E-state index in [1.807, 2.05) is 25.1 Å². The fraction of sp³-hybridized carbons (Fsp3) is 0.125. The Kier molecular flexibility index (Phi) is 6.63. The number of hydrogen-bond donors (Lipinski definition) is 2. The average molecular weight is 328 g/mol. The van der Waals surface area contributed by atoms with Crippen molar-refractivity contribution in [1.82, 2.24) is 0 Å². The summed E-state index contributed by atoms with van der Waals surface area (Å²) < 4.78 is 1.70. The fourth-order valence-electron chi connectivity index (χ4n) is 1.70. The summed E-state index contributed by atoms with van der Waals surface area (Å²) in [5.74, 6) is 0.401. The monoisotopic (exact) mass is 327 g/mol. The van der Waals surface area contributed by atoms with Gasteiger partial charge in [-0.1, -0.05) is 28.9 Å². The Morgan fingerprint density at radius 1 is 0.952 bits per heavy atom. The van der Waals surface area contributed by atoms with Gasteiger partial charge in [-0.2, -0.15) is 0 Å². The maximum Gasteiger partial charge on any atom is 0.207 e. The van der Waals surface area contributed by atoms with Crippen LogP contribution in [0.4, 0.5) is 0 Å². The predicted octanol–water partition coefficient (Wildman–Crippen LogP) is 2.58. The molecule has 4 nitrogen and oxygen atoms in total. The molecule has 2 aromatic rings. The first-order valence-electron chi connectivity index (χ1n) is 6.42. The van der Waals surface area contributed by atoms with Crippen LogP contribution in [0.2, 0.25) is 0 Å². The molecule has 0 aliphatic rings. The number of phenols is 2. The van der Waals surface area contributed by atoms with E-state index in [0.717, 1.165) is 0 Å². The van der Waals surface area contributed by atoms with E-state index in [1.54, 1.807) is 47.4 Å². The molecule has 0 atom stereocenters. The number of phenolic OH excluding ortho intramolecular Hbond substituents is 2. The predicted molar refractivity (Wildman–Crippen MR) is 79.8 cm³/mol. The first-order chi connectivity index (χ1) is 9.70. The van der Waals surface area contributed by atoms with E-state index in [-0.39, 0.29) is 28.0 Å². The Morgan fingerprint density at radius 3 is 2.00 bits per heavy atom. The number of benzene rings is 2. The van der Waals surface area contributed by atoms with Crippen molar-refractivity contribution in [3.8, 4) is 11.5 Å². The second-order valence-corrected chi connectivity index (χ2v) is 4.25. The molecule has 0 aliphatic heterocycles. The zero-order valence-electron chi connectivity index (χ0n) is 11.6. The van der Waals surface area contributed by atoms with Gasteiger partial charge < -0.3 is 10.2 Å². The Morgan fingerprint density at radius 2 is 1.48 bits per heavy atom. The van der Waals surface area contributed by atoms with Crippen LogP contribution >= 0.6 is 0 Å². The standard InChI is InChI=1S/C16H16N2O2.Ni/c1-2-18(12-14-8-4-6-10-16(14)20)17-11-13-7-3-5-9-15(13)19;/h3-12H,2H2,1H3,(H,17,19);/p+1. The van der Waals surface area contributed by atoms with Crippen LogP contribution in [0.5, 0.6) is 11.5 Å². The minimum Gasteiger partial charge on any atom is -0.507 e. The molecular formula is C16H17N2NiO2+. The van der Waals surface area contributed by atoms with Crippen molar-refractivity contribution in [3.05, 3.63) is 59.7 Å². The fourth-order valence-corrected chi connectivity index (χ4v) is 1.70. The third-order valence-corrected chi connectivity index (χ3v) is 2.83. The van der Waals surface area contributed by atoms with Gasteiger partial charge in [-0.25, -0.2) is 0 Å². The average Bonchev–Trinajstić information content (AvgIpc) is 2.47. The molecule has 0 fully saturated rings. The van der Waals surface area contributed by atoms with Gasteiger partial charge in [0, 0.05) is 22.1 Å². The van der Waals surface area contributed by atoms with Crippen LogP contribution < -0.4 is 0 Å². The van der Waals surface area contributed by atoms with Gasteiger partial charge in [0.05, 0.1) is 5.56 Å². The van der Waals surface area contributed by atoms with Gasteiger partial charge in [-0.15, -0.1) is 0 Å². The van der Waals surface area contributed by atoms with Crippen molar-refractivity contribution >= 4 is 12.4 Å². The van der Waals surface area contributed by atoms with Gasteiger partial charge in [0.1, 0.15) is 17.7 Å². The third-order valence-electron chi connectivity index (χ3n) is 2.83. The number of rotatable bonds is 4. The van der Waals surface area contributed by atoms with E-state index < -0.39 is 0 Å². The van der Waals surface area contributed by atoms with E-state index >= 15 is 0 Å². The molecule has 2 N–H and O–H groups in total. The molecular weight excluding hydrogens is 311 g/mol. The molecule has 0 amide bonds. The summed E-state index contributed by atoms with van der Waals surface area (Å²) in [6, 6.07) is 14.1. The third kappa shape index (κ3) is 4.72. The van der Waals surface area contributed by atoms with Gasteiger partial charge in [-0.3, -0.25) is 0 Å². The summed E-state index contributed by atoms with van der Waals surface area (Å²) in [6.07, 6.45) is 3.35. The minimum atomic E-state index is 0. The molecule has 21 heavy (non-hydrogen) atoms. The van der Waals surface area contributed by atoms with E-state index in [0.29, 0.717) is 17.7 Å². The minimum absolute atomic E-state index is 0. The Bertz CT molecular complexity index is 654. The summed E-state index contributed by atoms with van der Waals surface area (Å²) in [4.78, 5) is 0. The smallest absolute Gasteiger partial charge is 0.207 e. The molecule has 0 unspecified atom stereocenters. The van der Waals surface area contributed by atoms with Gasteiger partial charge in [0.25, 0.3) is 0 Å². The van der Waals surface area contributed by atoms with Crippen LogP contribution in [0, 0.1) is 0 Å². The van der Waals surface area contributed by atoms with Crippen molar-refractivity contribution < 1.29 is 31.4 Å². The molecule has 0 aromatic heterocycles. The SMILES string of the molecule is CC[N+](=Cc1ccccc1O)N=Cc1ccccc1O.[Ni]. The topological polar surface area (TPSA) is 55.8 Å². The zero-order valence-corrected chi connectivity index (χ0v) is 12.6. The number of nitrogens with zero attached hydrogens (tertiary/aromatic N) is 2. The molecule has 112 valence electrons. The summed E-state index contributed by atoms with van der Waals surface area (Å²) in [7, 11) is 0. The van der Waals surface area contributed by atoms with Crippen molar-refractivity contribution in [2.75, 3.05) is 6.54 Å². The summed E-state index contributed by atoms with van der Waals surface area (Å²) in [5, 5.41) is 23.7. The Hall–Kier alpha value is -2.13. The molecule has 0 spiro atoms. The van der Waals surface area contributed by atoms with E-state index in [1.165, 1.54) is 0 Å². The van der Waals surface area contributed by atoms with Gasteiger partial charge in [0.2, 0.25) is 6.21 Å². The molecule has 0 bridgehead atoms. The van der Waals surface area contributed by atoms with Crippen LogP contribution in [0.15, 0.2) is 53.6 Å². The van der Waals surface area contributed by atoms with Crippen LogP contribution in [-0.4, -0.2) is 33.9 Å². The second kappa shape index (κ2) is 8.23. The van der Waals surface area contributed by atoms with Gasteiger partial charge >= 0.3 is 0 Å². The molecule has 5 heteroatoms. The summed E-state index contributed by atoms with van der Waals surface area (Å²) in [6.45, 7) is 2.61. The molecule has 0 saturated carbocycles. The molecule has 2 aromatic carbocycles. The van der Waals surface area contributed by atoms with Crippen LogP contribution in [0.3, 0.4) is 0 Å². The summed E-state index contributed by atoms with van der Waals surface area (Å²) >= 11 is 0. The largest absolute Gasteiger partial charge is 0.507 e. The zero-order chi connectivity index (χ0) is 14.4. The number of hydrazone groups is 1. The van der Waals surface area contributed by atoms with Gasteiger partial charge in [-0.05, 0) is 36.3 Å². The molecule has 0 heterocycles. The van der Waals surface area contributed by atoms with E-state index in [2.05, 4.69) is 5.10 Å². The quantitative estimate of drug-likeness (QED) is 0.392. The number of aromatic hydroxyl groups is 2. The molecule has 2 rings (SSSR count). The Labute approximate surface area is 134 Å². The van der Waals surface area contributed by atoms with Crippen LogP contribution in [0.25, 0.3) is 0 Å². The van der Waals surface area contributed by atoms with Crippen molar-refractivity contribution in [3.63, 3.8) is 0 Å². The maximum atomic E-state index is 9.73. The molecule has 0 aliphatic carbocycles. The number of hydrogen-bond acceptors (Lipinski definition) is 3. The van der Waals surface area contributed by atoms with Crippen molar-refractivity contribution in [1.29, 1.82) is 0 Å². The number of para-hydroxylation sites is 2. The van der Waals surface area contributed by atoms with Gasteiger partial charge in [0.15, 0.2) is 6.54 Å².